The third kappa shape index (κ3) is 2.34. The zero-order chi connectivity index (χ0) is 13.2. The third-order valence-electron chi connectivity index (χ3n) is 3.23. The predicted octanol–water partition coefficient (Wildman–Crippen LogP) is 4.54. The van der Waals surface area contributed by atoms with Crippen molar-refractivity contribution in [2.75, 3.05) is 6.61 Å². The summed E-state index contributed by atoms with van der Waals surface area (Å²) in [6.07, 6.45) is 0. The van der Waals surface area contributed by atoms with E-state index in [0.29, 0.717) is 6.61 Å². The van der Waals surface area contributed by atoms with E-state index in [1.807, 2.05) is 13.0 Å². The molecule has 1 aromatic heterocycles. The van der Waals surface area contributed by atoms with E-state index in [9.17, 15) is 0 Å². The van der Waals surface area contributed by atoms with E-state index in [-0.39, 0.29) is 0 Å². The molecule has 0 aliphatic carbocycles. The molecule has 2 aromatic carbocycles. The van der Waals surface area contributed by atoms with Crippen LogP contribution in [0.1, 0.15) is 12.5 Å². The molecule has 3 aromatic rings. The number of hydrogen-bond donors (Lipinski definition) is 1. The summed E-state index contributed by atoms with van der Waals surface area (Å²) in [5, 5.41) is 1.18. The molecule has 0 spiro atoms. The number of H-pyrrole nitrogens is 1. The molecule has 19 heavy (non-hydrogen) atoms. The van der Waals surface area contributed by atoms with E-state index >= 15 is 0 Å². The highest BCUT2D eigenvalue weighted by atomic mass is 16.5. The van der Waals surface area contributed by atoms with Crippen LogP contribution in [0, 0.1) is 6.92 Å². The number of rotatable bonds is 3. The average molecular weight is 251 g/mol. The van der Waals surface area contributed by atoms with Gasteiger partial charge in [0.15, 0.2) is 0 Å². The van der Waals surface area contributed by atoms with Crippen molar-refractivity contribution in [3.8, 4) is 17.0 Å². The van der Waals surface area contributed by atoms with Crippen LogP contribution in [0.25, 0.3) is 22.2 Å². The van der Waals surface area contributed by atoms with Crippen molar-refractivity contribution in [1.29, 1.82) is 0 Å². The monoisotopic (exact) mass is 251 g/mol. The van der Waals surface area contributed by atoms with Crippen molar-refractivity contribution in [3.05, 3.63) is 54.1 Å². The number of nitrogens with one attached hydrogen (secondary N) is 1. The van der Waals surface area contributed by atoms with Gasteiger partial charge in [-0.05, 0) is 49.7 Å². The largest absolute Gasteiger partial charge is 0.494 e. The van der Waals surface area contributed by atoms with Crippen LogP contribution in [-0.4, -0.2) is 11.6 Å². The first-order chi connectivity index (χ1) is 9.26. The minimum atomic E-state index is 0.695. The second kappa shape index (κ2) is 4.81. The molecule has 0 aliphatic heterocycles. The number of aryl methyl sites for hydroxylation is 1. The summed E-state index contributed by atoms with van der Waals surface area (Å²) in [5.74, 6) is 0.921. The Kier molecular flexibility index (Phi) is 3.00. The minimum Gasteiger partial charge on any atom is -0.494 e. The molecule has 2 heteroatoms. The number of benzene rings is 2. The molecule has 0 bridgehead atoms. The van der Waals surface area contributed by atoms with E-state index < -0.39 is 0 Å². The fraction of sp³-hybridized carbons (Fsp3) is 0.176. The Morgan fingerprint density at radius 2 is 1.95 bits per heavy atom. The van der Waals surface area contributed by atoms with Gasteiger partial charge in [0.25, 0.3) is 0 Å². The standard InChI is InChI=1S/C17H17NO/c1-3-19-15-7-8-16-14(10-15)11-17(18-16)13-6-4-5-12(2)9-13/h4-11,18H,3H2,1-2H3. The first-order valence-electron chi connectivity index (χ1n) is 6.59. The highest BCUT2D eigenvalue weighted by molar-refractivity contribution is 5.87. The lowest BCUT2D eigenvalue weighted by atomic mass is 10.1. The molecule has 1 N–H and O–H groups in total. The summed E-state index contributed by atoms with van der Waals surface area (Å²) in [6, 6.07) is 16.8. The third-order valence-corrected chi connectivity index (χ3v) is 3.23. The number of aromatic amines is 1. The molecule has 0 atom stereocenters. The van der Waals surface area contributed by atoms with Crippen LogP contribution in [0.15, 0.2) is 48.5 Å². The number of fused-ring (bicyclic) bond motifs is 1. The molecule has 96 valence electrons. The van der Waals surface area contributed by atoms with Crippen LogP contribution in [0.4, 0.5) is 0 Å². The fourth-order valence-corrected chi connectivity index (χ4v) is 2.34. The normalized spacial score (nSPS) is 10.8. The average Bonchev–Trinajstić information content (AvgIpc) is 2.82. The van der Waals surface area contributed by atoms with E-state index in [1.54, 1.807) is 0 Å². The lowest BCUT2D eigenvalue weighted by Crippen LogP contribution is -1.90. The highest BCUT2D eigenvalue weighted by Gasteiger charge is 2.04. The van der Waals surface area contributed by atoms with Crippen LogP contribution in [0.3, 0.4) is 0 Å². The van der Waals surface area contributed by atoms with E-state index in [1.165, 1.54) is 16.5 Å². The van der Waals surface area contributed by atoms with Crippen molar-refractivity contribution < 1.29 is 4.74 Å². The Balaban J connectivity index is 2.06. The maximum atomic E-state index is 5.53. The van der Waals surface area contributed by atoms with Gasteiger partial charge in [0.1, 0.15) is 5.75 Å². The SMILES string of the molecule is CCOc1ccc2[nH]c(-c3cccc(C)c3)cc2c1. The van der Waals surface area contributed by atoms with Crippen molar-refractivity contribution >= 4 is 10.9 Å². The summed E-state index contributed by atoms with van der Waals surface area (Å²) in [6.45, 7) is 4.81. The van der Waals surface area contributed by atoms with Gasteiger partial charge in [0.2, 0.25) is 0 Å². The molecule has 0 fully saturated rings. The molecule has 0 amide bonds. The summed E-state index contributed by atoms with van der Waals surface area (Å²) in [4.78, 5) is 3.45. The van der Waals surface area contributed by atoms with Crippen LogP contribution in [0.2, 0.25) is 0 Å². The first kappa shape index (κ1) is 11.8. The van der Waals surface area contributed by atoms with Crippen molar-refractivity contribution in [3.63, 3.8) is 0 Å². The van der Waals surface area contributed by atoms with Gasteiger partial charge in [0.05, 0.1) is 6.61 Å². The Hall–Kier alpha value is -2.22. The van der Waals surface area contributed by atoms with Crippen molar-refractivity contribution in [1.82, 2.24) is 4.98 Å². The molecule has 0 radical (unpaired) electrons. The molecule has 3 rings (SSSR count). The van der Waals surface area contributed by atoms with Crippen LogP contribution >= 0.6 is 0 Å². The summed E-state index contributed by atoms with van der Waals surface area (Å²) in [7, 11) is 0. The molecule has 0 aliphatic rings. The number of ether oxygens (including phenoxy) is 1. The maximum absolute atomic E-state index is 5.53. The Bertz CT molecular complexity index is 712. The number of aromatic nitrogens is 1. The molecule has 2 nitrogen and oxygen atoms in total. The van der Waals surface area contributed by atoms with E-state index in [0.717, 1.165) is 17.0 Å². The Morgan fingerprint density at radius 3 is 2.74 bits per heavy atom. The van der Waals surface area contributed by atoms with Gasteiger partial charge in [-0.2, -0.15) is 0 Å². The zero-order valence-corrected chi connectivity index (χ0v) is 11.2. The fourth-order valence-electron chi connectivity index (χ4n) is 2.34. The molecule has 0 saturated carbocycles. The Morgan fingerprint density at radius 1 is 1.05 bits per heavy atom. The van der Waals surface area contributed by atoms with Gasteiger partial charge < -0.3 is 9.72 Å². The number of hydrogen-bond acceptors (Lipinski definition) is 1. The van der Waals surface area contributed by atoms with E-state index in [4.69, 9.17) is 4.74 Å². The van der Waals surface area contributed by atoms with Gasteiger partial charge in [-0.1, -0.05) is 23.8 Å². The van der Waals surface area contributed by atoms with Gasteiger partial charge in [-0.15, -0.1) is 0 Å². The highest BCUT2D eigenvalue weighted by Crippen LogP contribution is 2.27. The quantitative estimate of drug-likeness (QED) is 0.726. The zero-order valence-electron chi connectivity index (χ0n) is 11.2. The molecule has 0 saturated heterocycles. The molecule has 0 unspecified atom stereocenters. The lowest BCUT2D eigenvalue weighted by Gasteiger charge is -2.01. The van der Waals surface area contributed by atoms with Crippen LogP contribution in [-0.2, 0) is 0 Å². The van der Waals surface area contributed by atoms with Gasteiger partial charge in [-0.3, -0.25) is 0 Å². The second-order valence-electron chi connectivity index (χ2n) is 4.73. The smallest absolute Gasteiger partial charge is 0.120 e. The minimum absolute atomic E-state index is 0.695. The molecular weight excluding hydrogens is 234 g/mol. The first-order valence-corrected chi connectivity index (χ1v) is 6.59. The topological polar surface area (TPSA) is 25.0 Å². The Labute approximate surface area is 113 Å². The van der Waals surface area contributed by atoms with Crippen molar-refractivity contribution in [2.45, 2.75) is 13.8 Å². The van der Waals surface area contributed by atoms with Gasteiger partial charge >= 0.3 is 0 Å². The molecule has 1 heterocycles. The lowest BCUT2D eigenvalue weighted by molar-refractivity contribution is 0.341. The predicted molar refractivity (Wildman–Crippen MR) is 79.6 cm³/mol. The van der Waals surface area contributed by atoms with Gasteiger partial charge in [-0.25, -0.2) is 0 Å². The van der Waals surface area contributed by atoms with Crippen molar-refractivity contribution in [2.24, 2.45) is 0 Å². The summed E-state index contributed by atoms with van der Waals surface area (Å²) in [5.41, 5.74) is 4.77. The van der Waals surface area contributed by atoms with Crippen LogP contribution in [0.5, 0.6) is 5.75 Å². The second-order valence-corrected chi connectivity index (χ2v) is 4.73. The van der Waals surface area contributed by atoms with E-state index in [2.05, 4.69) is 54.4 Å². The summed E-state index contributed by atoms with van der Waals surface area (Å²) >= 11 is 0. The molecular formula is C17H17NO. The summed E-state index contributed by atoms with van der Waals surface area (Å²) < 4.78 is 5.53. The van der Waals surface area contributed by atoms with Gasteiger partial charge in [0, 0.05) is 16.6 Å². The maximum Gasteiger partial charge on any atom is 0.120 e. The van der Waals surface area contributed by atoms with Crippen LogP contribution < -0.4 is 4.74 Å².